The van der Waals surface area contributed by atoms with Crippen molar-refractivity contribution in [3.63, 3.8) is 0 Å². The second-order valence-corrected chi connectivity index (χ2v) is 6.68. The van der Waals surface area contributed by atoms with Gasteiger partial charge in [-0.25, -0.2) is 9.59 Å². The first-order chi connectivity index (χ1) is 10.8. The van der Waals surface area contributed by atoms with Crippen molar-refractivity contribution in [1.82, 2.24) is 0 Å². The highest BCUT2D eigenvalue weighted by atomic mass is 32.2. The fourth-order valence-corrected chi connectivity index (χ4v) is 1.66. The van der Waals surface area contributed by atoms with Gasteiger partial charge in [-0.2, -0.15) is 17.2 Å². The summed E-state index contributed by atoms with van der Waals surface area (Å²) in [5.41, 5.74) is 0.125. The quantitative estimate of drug-likeness (QED) is 0.379. The number of carbonyl (C=O) groups excluding carboxylic acids is 2. The van der Waals surface area contributed by atoms with Gasteiger partial charge in [0.25, 0.3) is 0 Å². The van der Waals surface area contributed by atoms with Gasteiger partial charge in [0.2, 0.25) is 5.79 Å². The zero-order valence-corrected chi connectivity index (χ0v) is 13.6. The molecular formula is C12H16F2O9S. The molecule has 0 aromatic carbocycles. The maximum absolute atomic E-state index is 13.0. The molecular weight excluding hydrogens is 358 g/mol. The topological polar surface area (TPSA) is 125 Å². The molecule has 2 atom stereocenters. The fraction of sp³-hybridized carbons (Fsp3) is 0.667. The predicted octanol–water partition coefficient (Wildman–Crippen LogP) is 0.261. The highest BCUT2D eigenvalue weighted by Gasteiger charge is 2.48. The predicted molar refractivity (Wildman–Crippen MR) is 72.5 cm³/mol. The number of halogens is 2. The van der Waals surface area contributed by atoms with Crippen molar-refractivity contribution in [2.75, 3.05) is 19.8 Å². The van der Waals surface area contributed by atoms with Gasteiger partial charge in [-0.15, -0.1) is 0 Å². The van der Waals surface area contributed by atoms with Gasteiger partial charge >= 0.3 is 27.3 Å². The summed E-state index contributed by atoms with van der Waals surface area (Å²) in [6.45, 7) is 3.43. The maximum atomic E-state index is 13.0. The molecule has 2 unspecified atom stereocenters. The van der Waals surface area contributed by atoms with Gasteiger partial charge in [-0.3, -0.25) is 4.55 Å². The maximum Gasteiger partial charge on any atom is 0.402 e. The zero-order chi connectivity index (χ0) is 18.8. The monoisotopic (exact) mass is 374 g/mol. The third kappa shape index (κ3) is 5.19. The van der Waals surface area contributed by atoms with Crippen LogP contribution in [0, 0.1) is 0 Å². The Labute approximate surface area is 136 Å². The molecule has 9 nitrogen and oxygen atoms in total. The van der Waals surface area contributed by atoms with Crippen LogP contribution in [0.3, 0.4) is 0 Å². The Morgan fingerprint density at radius 2 is 2.00 bits per heavy atom. The third-order valence-electron chi connectivity index (χ3n) is 2.77. The fourth-order valence-electron chi connectivity index (χ4n) is 1.46. The van der Waals surface area contributed by atoms with Crippen LogP contribution in [0.2, 0.25) is 0 Å². The molecule has 138 valence electrons. The van der Waals surface area contributed by atoms with Crippen molar-refractivity contribution in [2.24, 2.45) is 0 Å². The Morgan fingerprint density at radius 3 is 2.50 bits per heavy atom. The van der Waals surface area contributed by atoms with Crippen molar-refractivity contribution in [3.05, 3.63) is 12.2 Å². The molecule has 0 bridgehead atoms. The van der Waals surface area contributed by atoms with E-state index in [2.05, 4.69) is 11.3 Å². The molecule has 1 aliphatic rings. The summed E-state index contributed by atoms with van der Waals surface area (Å²) in [5, 5.41) is -4.65. The van der Waals surface area contributed by atoms with E-state index in [0.29, 0.717) is 0 Å². The zero-order valence-electron chi connectivity index (χ0n) is 12.8. The van der Waals surface area contributed by atoms with Crippen molar-refractivity contribution >= 4 is 22.1 Å². The van der Waals surface area contributed by atoms with E-state index in [4.69, 9.17) is 18.8 Å². The van der Waals surface area contributed by atoms with E-state index in [-0.39, 0.29) is 5.57 Å². The van der Waals surface area contributed by atoms with Crippen molar-refractivity contribution < 1.29 is 50.3 Å². The van der Waals surface area contributed by atoms with Gasteiger partial charge in [0.1, 0.15) is 6.61 Å². The Balaban J connectivity index is 2.55. The molecule has 0 aliphatic carbocycles. The van der Waals surface area contributed by atoms with E-state index in [1.807, 2.05) is 0 Å². The Bertz CT molecular complexity index is 630. The van der Waals surface area contributed by atoms with E-state index >= 15 is 0 Å². The molecule has 1 fully saturated rings. The minimum Gasteiger partial charge on any atom is -0.457 e. The average Bonchev–Trinajstić information content (AvgIpc) is 2.84. The first-order valence-electron chi connectivity index (χ1n) is 6.43. The summed E-state index contributed by atoms with van der Waals surface area (Å²) in [7, 11) is -5.72. The molecule has 1 rings (SSSR count). The minimum atomic E-state index is -5.72. The summed E-state index contributed by atoms with van der Waals surface area (Å²) in [4.78, 5) is 22.9. The molecule has 0 saturated carbocycles. The second kappa shape index (κ2) is 7.09. The Kier molecular flexibility index (Phi) is 6.03. The van der Waals surface area contributed by atoms with Gasteiger partial charge < -0.3 is 18.9 Å². The highest BCUT2D eigenvalue weighted by Crippen LogP contribution is 2.26. The van der Waals surface area contributed by atoms with Gasteiger partial charge in [0.15, 0.2) is 12.7 Å². The number of rotatable bonds is 7. The standard InChI is InChI=1S/C12H16F2O9S/c1-7(2)9(15)20-5-11(3)22-4-8(23-11)10(16)21-6-12(13,14)24(17,18)19/h8H,1,4-6H2,2-3H3,(H,17,18,19). The smallest absolute Gasteiger partial charge is 0.402 e. The lowest BCUT2D eigenvalue weighted by Crippen LogP contribution is -2.38. The summed E-state index contributed by atoms with van der Waals surface area (Å²) < 4.78 is 74.2. The van der Waals surface area contributed by atoms with Crippen molar-refractivity contribution in [3.8, 4) is 0 Å². The van der Waals surface area contributed by atoms with Gasteiger partial charge in [-0.1, -0.05) is 6.58 Å². The van der Waals surface area contributed by atoms with Crippen LogP contribution in [-0.2, 0) is 38.7 Å². The first-order valence-corrected chi connectivity index (χ1v) is 7.87. The summed E-state index contributed by atoms with van der Waals surface area (Å²) >= 11 is 0. The molecule has 1 saturated heterocycles. The highest BCUT2D eigenvalue weighted by molar-refractivity contribution is 7.86. The molecule has 0 aromatic rings. The van der Waals surface area contributed by atoms with Crippen LogP contribution < -0.4 is 0 Å². The molecule has 1 N–H and O–H groups in total. The Morgan fingerprint density at radius 1 is 1.42 bits per heavy atom. The first kappa shape index (κ1) is 20.4. The number of esters is 2. The molecule has 12 heteroatoms. The van der Waals surface area contributed by atoms with Gasteiger partial charge in [-0.05, 0) is 13.8 Å². The van der Waals surface area contributed by atoms with Gasteiger partial charge in [0, 0.05) is 5.57 Å². The van der Waals surface area contributed by atoms with Crippen LogP contribution in [0.5, 0.6) is 0 Å². The molecule has 0 radical (unpaired) electrons. The van der Waals surface area contributed by atoms with Crippen LogP contribution in [0.15, 0.2) is 12.2 Å². The normalized spacial score (nSPS) is 24.5. The molecule has 0 spiro atoms. The largest absolute Gasteiger partial charge is 0.457 e. The van der Waals surface area contributed by atoms with Gasteiger partial charge in [0.05, 0.1) is 6.61 Å². The molecule has 0 aromatic heterocycles. The SMILES string of the molecule is C=C(C)C(=O)OCC1(C)OCC(C(=O)OCC(F)(F)S(=O)(=O)O)O1. The van der Waals surface area contributed by atoms with E-state index in [9.17, 15) is 26.8 Å². The van der Waals surface area contributed by atoms with E-state index in [1.165, 1.54) is 13.8 Å². The van der Waals surface area contributed by atoms with Crippen molar-refractivity contribution in [2.45, 2.75) is 31.0 Å². The number of hydrogen-bond acceptors (Lipinski definition) is 8. The Hall–Kier alpha value is -1.63. The summed E-state index contributed by atoms with van der Waals surface area (Å²) in [6, 6.07) is 0. The number of alkyl halides is 2. The lowest BCUT2D eigenvalue weighted by atomic mass is 10.3. The summed E-state index contributed by atoms with van der Waals surface area (Å²) in [5.74, 6) is -3.56. The summed E-state index contributed by atoms with van der Waals surface area (Å²) in [6.07, 6.45) is -1.43. The number of ether oxygens (including phenoxy) is 4. The molecule has 1 aliphatic heterocycles. The third-order valence-corrected chi connectivity index (χ3v) is 3.64. The number of carbonyl (C=O) groups is 2. The van der Waals surface area contributed by atoms with E-state index < -0.39 is 59.0 Å². The molecule has 24 heavy (non-hydrogen) atoms. The van der Waals surface area contributed by atoms with Crippen LogP contribution in [0.1, 0.15) is 13.8 Å². The number of hydrogen-bond donors (Lipinski definition) is 1. The van der Waals surface area contributed by atoms with Crippen LogP contribution in [0.4, 0.5) is 8.78 Å². The minimum absolute atomic E-state index is 0.125. The average molecular weight is 374 g/mol. The van der Waals surface area contributed by atoms with Crippen molar-refractivity contribution in [1.29, 1.82) is 0 Å². The van der Waals surface area contributed by atoms with Crippen LogP contribution in [-0.4, -0.2) is 61.9 Å². The van der Waals surface area contributed by atoms with Crippen LogP contribution >= 0.6 is 0 Å². The molecule has 1 heterocycles. The second-order valence-electron chi connectivity index (χ2n) is 5.13. The van der Waals surface area contributed by atoms with E-state index in [1.54, 1.807) is 0 Å². The molecule has 0 amide bonds. The van der Waals surface area contributed by atoms with E-state index in [0.717, 1.165) is 0 Å². The lowest BCUT2D eigenvalue weighted by molar-refractivity contribution is -0.200. The van der Waals surface area contributed by atoms with Crippen LogP contribution in [0.25, 0.3) is 0 Å². The lowest BCUT2D eigenvalue weighted by Gasteiger charge is -2.22.